The van der Waals surface area contributed by atoms with Gasteiger partial charge in [-0.15, -0.1) is 0 Å². The summed E-state index contributed by atoms with van der Waals surface area (Å²) in [7, 11) is 0. The van der Waals surface area contributed by atoms with E-state index in [2.05, 4.69) is 9.97 Å². The van der Waals surface area contributed by atoms with Crippen molar-refractivity contribution >= 4 is 21.8 Å². The predicted molar refractivity (Wildman–Crippen MR) is 95.0 cm³/mol. The maximum absolute atomic E-state index is 15.5. The Morgan fingerprint density at radius 1 is 1.04 bits per heavy atom. The highest BCUT2D eigenvalue weighted by molar-refractivity contribution is 5.91. The van der Waals surface area contributed by atoms with E-state index in [4.69, 9.17) is 0 Å². The summed E-state index contributed by atoms with van der Waals surface area (Å²) in [4.78, 5) is 8.74. The summed E-state index contributed by atoms with van der Waals surface area (Å²) in [6.07, 6.45) is 5.41. The van der Waals surface area contributed by atoms with Crippen molar-refractivity contribution in [3.05, 3.63) is 66.5 Å². The fraction of sp³-hybridized carbons (Fsp3) is 0.200. The van der Waals surface area contributed by atoms with Crippen LogP contribution in [-0.4, -0.2) is 14.5 Å². The standard InChI is InChI=1S/C20H18FN3/c1-20(2,3)19-17(21)18(14-6-4-5-7-15(14)23-19)24-11-9-13-12-22-10-8-16(13)24/h4-12H,1-3H3. The molecule has 120 valence electrons. The molecule has 0 spiro atoms. The Kier molecular flexibility index (Phi) is 3.17. The third-order valence-electron chi connectivity index (χ3n) is 4.25. The normalized spacial score (nSPS) is 12.2. The van der Waals surface area contributed by atoms with Gasteiger partial charge in [-0.2, -0.15) is 0 Å². The number of hydrogen-bond acceptors (Lipinski definition) is 2. The van der Waals surface area contributed by atoms with Crippen LogP contribution in [0.2, 0.25) is 0 Å². The number of halogens is 1. The number of fused-ring (bicyclic) bond motifs is 2. The lowest BCUT2D eigenvalue weighted by Crippen LogP contribution is -2.18. The quantitative estimate of drug-likeness (QED) is 0.494. The zero-order valence-electron chi connectivity index (χ0n) is 13.9. The Hall–Kier alpha value is -2.75. The molecule has 0 fully saturated rings. The lowest BCUT2D eigenvalue weighted by molar-refractivity contribution is 0.504. The topological polar surface area (TPSA) is 30.7 Å². The lowest BCUT2D eigenvalue weighted by Gasteiger charge is -2.22. The molecule has 3 aromatic heterocycles. The van der Waals surface area contributed by atoms with Crippen molar-refractivity contribution in [3.63, 3.8) is 0 Å². The number of benzene rings is 1. The molecule has 0 N–H and O–H groups in total. The van der Waals surface area contributed by atoms with Gasteiger partial charge in [0.05, 0.1) is 22.4 Å². The van der Waals surface area contributed by atoms with Crippen molar-refractivity contribution in [2.24, 2.45) is 0 Å². The maximum atomic E-state index is 15.5. The molecule has 0 radical (unpaired) electrons. The van der Waals surface area contributed by atoms with Crippen LogP contribution in [0.25, 0.3) is 27.5 Å². The Morgan fingerprint density at radius 2 is 1.83 bits per heavy atom. The molecular weight excluding hydrogens is 301 g/mol. The summed E-state index contributed by atoms with van der Waals surface area (Å²) in [5.41, 5.74) is 2.38. The molecule has 0 aliphatic heterocycles. The van der Waals surface area contributed by atoms with Crippen LogP contribution in [0, 0.1) is 5.82 Å². The zero-order valence-corrected chi connectivity index (χ0v) is 13.9. The van der Waals surface area contributed by atoms with Crippen molar-refractivity contribution in [3.8, 4) is 5.69 Å². The van der Waals surface area contributed by atoms with Gasteiger partial charge in [0.1, 0.15) is 0 Å². The van der Waals surface area contributed by atoms with Crippen LogP contribution in [-0.2, 0) is 5.41 Å². The summed E-state index contributed by atoms with van der Waals surface area (Å²) < 4.78 is 17.4. The van der Waals surface area contributed by atoms with Crippen LogP contribution in [0.4, 0.5) is 4.39 Å². The highest BCUT2D eigenvalue weighted by Crippen LogP contribution is 2.33. The first-order chi connectivity index (χ1) is 11.5. The Labute approximate surface area is 139 Å². The number of nitrogens with zero attached hydrogens (tertiary/aromatic N) is 3. The van der Waals surface area contributed by atoms with Crippen LogP contribution in [0.1, 0.15) is 26.5 Å². The van der Waals surface area contributed by atoms with Crippen molar-refractivity contribution < 1.29 is 4.39 Å². The van der Waals surface area contributed by atoms with Gasteiger partial charge in [-0.1, -0.05) is 39.0 Å². The monoisotopic (exact) mass is 319 g/mol. The average Bonchev–Trinajstić information content (AvgIpc) is 2.97. The number of para-hydroxylation sites is 1. The van der Waals surface area contributed by atoms with Crippen molar-refractivity contribution in [1.29, 1.82) is 0 Å². The van der Waals surface area contributed by atoms with Crippen molar-refractivity contribution in [2.75, 3.05) is 0 Å². The minimum atomic E-state index is -0.382. The van der Waals surface area contributed by atoms with E-state index in [0.29, 0.717) is 11.4 Å². The second-order valence-corrected chi connectivity index (χ2v) is 7.01. The summed E-state index contributed by atoms with van der Waals surface area (Å²) >= 11 is 0. The largest absolute Gasteiger partial charge is 0.313 e. The number of aromatic nitrogens is 3. The molecule has 0 aliphatic rings. The first-order valence-corrected chi connectivity index (χ1v) is 7.97. The molecule has 24 heavy (non-hydrogen) atoms. The fourth-order valence-electron chi connectivity index (χ4n) is 3.08. The number of hydrogen-bond donors (Lipinski definition) is 0. The molecule has 4 rings (SSSR count). The molecule has 0 bridgehead atoms. The maximum Gasteiger partial charge on any atom is 0.169 e. The summed E-state index contributed by atoms with van der Waals surface area (Å²) in [6, 6.07) is 11.5. The van der Waals surface area contributed by atoms with Gasteiger partial charge in [-0.05, 0) is 18.2 Å². The van der Waals surface area contributed by atoms with Gasteiger partial charge in [-0.3, -0.25) is 4.98 Å². The van der Waals surface area contributed by atoms with E-state index in [1.54, 1.807) is 12.4 Å². The van der Waals surface area contributed by atoms with E-state index >= 15 is 4.39 Å². The molecule has 0 unspecified atom stereocenters. The lowest BCUT2D eigenvalue weighted by atomic mass is 9.90. The molecule has 3 heterocycles. The second-order valence-electron chi connectivity index (χ2n) is 7.01. The van der Waals surface area contributed by atoms with E-state index in [1.807, 2.05) is 67.9 Å². The molecule has 0 saturated carbocycles. The highest BCUT2D eigenvalue weighted by atomic mass is 19.1. The Balaban J connectivity index is 2.16. The first-order valence-electron chi connectivity index (χ1n) is 7.97. The summed E-state index contributed by atoms with van der Waals surface area (Å²) in [5, 5.41) is 1.78. The van der Waals surface area contributed by atoms with Crippen molar-refractivity contribution in [1.82, 2.24) is 14.5 Å². The van der Waals surface area contributed by atoms with Crippen molar-refractivity contribution in [2.45, 2.75) is 26.2 Å². The van der Waals surface area contributed by atoms with E-state index in [0.717, 1.165) is 21.8 Å². The molecule has 0 saturated heterocycles. The van der Waals surface area contributed by atoms with Gasteiger partial charge in [0, 0.05) is 34.8 Å². The molecule has 0 amide bonds. The summed E-state index contributed by atoms with van der Waals surface area (Å²) in [6.45, 7) is 5.94. The smallest absolute Gasteiger partial charge is 0.169 e. The molecule has 0 aliphatic carbocycles. The Morgan fingerprint density at radius 3 is 2.62 bits per heavy atom. The molecule has 4 aromatic rings. The number of pyridine rings is 2. The van der Waals surface area contributed by atoms with Crippen LogP contribution in [0.5, 0.6) is 0 Å². The third kappa shape index (κ3) is 2.18. The third-order valence-corrected chi connectivity index (χ3v) is 4.25. The van der Waals surface area contributed by atoms with Crippen LogP contribution < -0.4 is 0 Å². The first kappa shape index (κ1) is 14.8. The van der Waals surface area contributed by atoms with E-state index in [1.165, 1.54) is 0 Å². The van der Waals surface area contributed by atoms with Gasteiger partial charge >= 0.3 is 0 Å². The SMILES string of the molecule is CC(C)(C)c1nc2ccccc2c(-n2ccc3cnccc32)c1F. The average molecular weight is 319 g/mol. The molecule has 3 nitrogen and oxygen atoms in total. The fourth-order valence-corrected chi connectivity index (χ4v) is 3.08. The van der Waals surface area contributed by atoms with Gasteiger partial charge in [0.2, 0.25) is 0 Å². The zero-order chi connectivity index (χ0) is 16.9. The number of rotatable bonds is 1. The van der Waals surface area contributed by atoms with Gasteiger partial charge in [0.25, 0.3) is 0 Å². The molecule has 0 atom stereocenters. The minimum absolute atomic E-state index is 0.268. The second kappa shape index (κ2) is 5.13. The van der Waals surface area contributed by atoms with E-state index in [-0.39, 0.29) is 11.2 Å². The van der Waals surface area contributed by atoms with Gasteiger partial charge in [-0.25, -0.2) is 9.37 Å². The minimum Gasteiger partial charge on any atom is -0.313 e. The highest BCUT2D eigenvalue weighted by Gasteiger charge is 2.25. The van der Waals surface area contributed by atoms with Crippen LogP contribution in [0.15, 0.2) is 55.0 Å². The molecular formula is C20H18FN3. The predicted octanol–water partition coefficient (Wildman–Crippen LogP) is 5.01. The van der Waals surface area contributed by atoms with Gasteiger partial charge < -0.3 is 4.57 Å². The summed E-state index contributed by atoms with van der Waals surface area (Å²) in [5.74, 6) is -0.268. The van der Waals surface area contributed by atoms with E-state index < -0.39 is 0 Å². The molecule has 4 heteroatoms. The Bertz CT molecular complexity index is 1060. The molecule has 1 aromatic carbocycles. The van der Waals surface area contributed by atoms with Crippen LogP contribution >= 0.6 is 0 Å². The van der Waals surface area contributed by atoms with Crippen LogP contribution in [0.3, 0.4) is 0 Å². The van der Waals surface area contributed by atoms with Gasteiger partial charge in [0.15, 0.2) is 5.82 Å². The van der Waals surface area contributed by atoms with E-state index in [9.17, 15) is 0 Å².